The minimum Gasteiger partial charge on any atom is -0.491 e. The smallest absolute Gasteiger partial charge is 0.337 e. The summed E-state index contributed by atoms with van der Waals surface area (Å²) in [5.41, 5.74) is 6.06. The predicted molar refractivity (Wildman–Crippen MR) is 65.3 cm³/mol. The van der Waals surface area contributed by atoms with E-state index in [2.05, 4.69) is 0 Å². The van der Waals surface area contributed by atoms with Crippen molar-refractivity contribution in [3.05, 3.63) is 23.8 Å². The Morgan fingerprint density at radius 3 is 2.82 bits per heavy atom. The van der Waals surface area contributed by atoms with Crippen LogP contribution in [0.15, 0.2) is 18.2 Å². The van der Waals surface area contributed by atoms with Gasteiger partial charge in [-0.15, -0.1) is 0 Å². The molecule has 0 aliphatic heterocycles. The van der Waals surface area contributed by atoms with Gasteiger partial charge in [-0.3, -0.25) is 0 Å². The lowest BCUT2D eigenvalue weighted by atomic mass is 9.83. The van der Waals surface area contributed by atoms with Crippen molar-refractivity contribution in [1.82, 2.24) is 0 Å². The van der Waals surface area contributed by atoms with Gasteiger partial charge in [0.05, 0.1) is 17.9 Å². The molecule has 0 spiro atoms. The summed E-state index contributed by atoms with van der Waals surface area (Å²) >= 11 is 0. The number of nitrogens with two attached hydrogens (primary N) is 1. The van der Waals surface area contributed by atoms with E-state index in [-0.39, 0.29) is 11.3 Å². The van der Waals surface area contributed by atoms with E-state index in [9.17, 15) is 4.79 Å². The summed E-state index contributed by atoms with van der Waals surface area (Å²) in [6, 6.07) is 4.84. The maximum Gasteiger partial charge on any atom is 0.337 e. The summed E-state index contributed by atoms with van der Waals surface area (Å²) in [6.07, 6.45) is 4.92. The van der Waals surface area contributed by atoms with Gasteiger partial charge in [-0.25, -0.2) is 4.79 Å². The van der Waals surface area contributed by atoms with E-state index in [1.165, 1.54) is 25.3 Å². The first kappa shape index (κ1) is 11.8. The predicted octanol–water partition coefficient (Wildman–Crippen LogP) is 2.54. The van der Waals surface area contributed by atoms with E-state index in [4.69, 9.17) is 15.6 Å². The maximum absolute atomic E-state index is 10.9. The zero-order valence-corrected chi connectivity index (χ0v) is 9.69. The van der Waals surface area contributed by atoms with Crippen molar-refractivity contribution in [2.24, 2.45) is 5.92 Å². The number of rotatable bonds is 5. The summed E-state index contributed by atoms with van der Waals surface area (Å²) in [4.78, 5) is 10.9. The standard InChI is InChI=1S/C13H17NO3/c14-12-10(13(15)16)5-2-6-11(12)17-8-7-9-3-1-4-9/h2,5-6,9H,1,3-4,7-8,14H2,(H,15,16). The van der Waals surface area contributed by atoms with Crippen LogP contribution in [-0.2, 0) is 0 Å². The number of anilines is 1. The van der Waals surface area contributed by atoms with Crippen molar-refractivity contribution in [3.8, 4) is 5.75 Å². The first-order valence-corrected chi connectivity index (χ1v) is 5.93. The lowest BCUT2D eigenvalue weighted by Gasteiger charge is -2.25. The minimum atomic E-state index is -1.02. The molecular formula is C13H17NO3. The fourth-order valence-electron chi connectivity index (χ4n) is 1.97. The molecule has 0 unspecified atom stereocenters. The third-order valence-electron chi connectivity index (χ3n) is 3.30. The summed E-state index contributed by atoms with van der Waals surface area (Å²) in [5, 5.41) is 8.92. The number of para-hydroxylation sites is 1. The molecule has 0 saturated heterocycles. The molecule has 1 aliphatic carbocycles. The molecule has 4 heteroatoms. The number of carbonyl (C=O) groups is 1. The molecule has 0 aromatic heterocycles. The Morgan fingerprint density at radius 1 is 1.47 bits per heavy atom. The van der Waals surface area contributed by atoms with Crippen molar-refractivity contribution in [3.63, 3.8) is 0 Å². The number of ether oxygens (including phenoxy) is 1. The van der Waals surface area contributed by atoms with Gasteiger partial charge in [-0.2, -0.15) is 0 Å². The molecule has 0 radical (unpaired) electrons. The van der Waals surface area contributed by atoms with Crippen LogP contribution in [0.4, 0.5) is 5.69 Å². The molecule has 0 amide bonds. The van der Waals surface area contributed by atoms with Gasteiger partial charge in [-0.1, -0.05) is 25.3 Å². The van der Waals surface area contributed by atoms with Crippen molar-refractivity contribution in [2.75, 3.05) is 12.3 Å². The second-order valence-corrected chi connectivity index (χ2v) is 4.46. The third-order valence-corrected chi connectivity index (χ3v) is 3.30. The van der Waals surface area contributed by atoms with Crippen LogP contribution < -0.4 is 10.5 Å². The highest BCUT2D eigenvalue weighted by atomic mass is 16.5. The zero-order valence-electron chi connectivity index (χ0n) is 9.69. The maximum atomic E-state index is 10.9. The molecule has 1 aromatic carbocycles. The fourth-order valence-corrected chi connectivity index (χ4v) is 1.97. The number of nitrogen functional groups attached to an aromatic ring is 1. The van der Waals surface area contributed by atoms with Crippen LogP contribution in [0.1, 0.15) is 36.0 Å². The molecule has 2 rings (SSSR count). The van der Waals surface area contributed by atoms with Crippen molar-refractivity contribution in [2.45, 2.75) is 25.7 Å². The normalized spacial score (nSPS) is 15.3. The van der Waals surface area contributed by atoms with Gasteiger partial charge in [-0.05, 0) is 24.5 Å². The number of carboxylic acid groups (broad SMARTS) is 1. The Kier molecular flexibility index (Phi) is 3.52. The summed E-state index contributed by atoms with van der Waals surface area (Å²) in [6.45, 7) is 0.609. The van der Waals surface area contributed by atoms with Gasteiger partial charge < -0.3 is 15.6 Å². The van der Waals surface area contributed by atoms with Crippen molar-refractivity contribution >= 4 is 11.7 Å². The van der Waals surface area contributed by atoms with Crippen molar-refractivity contribution < 1.29 is 14.6 Å². The van der Waals surface area contributed by atoms with Crippen LogP contribution >= 0.6 is 0 Å². The number of hydrogen-bond donors (Lipinski definition) is 2. The van der Waals surface area contributed by atoms with Gasteiger partial charge in [0.25, 0.3) is 0 Å². The molecule has 1 aromatic rings. The van der Waals surface area contributed by atoms with Gasteiger partial charge >= 0.3 is 5.97 Å². The molecule has 1 aliphatic rings. The number of aromatic carboxylic acids is 1. The Morgan fingerprint density at radius 2 is 2.24 bits per heavy atom. The summed E-state index contributed by atoms with van der Waals surface area (Å²) in [7, 11) is 0. The number of benzene rings is 1. The molecule has 1 saturated carbocycles. The van der Waals surface area contributed by atoms with Crippen LogP contribution in [0.5, 0.6) is 5.75 Å². The largest absolute Gasteiger partial charge is 0.491 e. The molecule has 17 heavy (non-hydrogen) atoms. The minimum absolute atomic E-state index is 0.103. The Bertz CT molecular complexity index is 413. The molecule has 0 heterocycles. The Hall–Kier alpha value is -1.71. The molecule has 92 valence electrons. The molecule has 0 atom stereocenters. The molecule has 3 N–H and O–H groups in total. The molecule has 0 bridgehead atoms. The van der Waals surface area contributed by atoms with Crippen LogP contribution in [0.2, 0.25) is 0 Å². The Labute approximate surface area is 100 Å². The van der Waals surface area contributed by atoms with Crippen molar-refractivity contribution in [1.29, 1.82) is 0 Å². The average molecular weight is 235 g/mol. The van der Waals surface area contributed by atoms with E-state index < -0.39 is 5.97 Å². The lowest BCUT2D eigenvalue weighted by molar-refractivity contribution is 0.0697. The fraction of sp³-hybridized carbons (Fsp3) is 0.462. The SMILES string of the molecule is Nc1c(OCCC2CCC2)cccc1C(=O)O. The highest BCUT2D eigenvalue weighted by Gasteiger charge is 2.17. The van der Waals surface area contributed by atoms with E-state index in [1.807, 2.05) is 0 Å². The molecule has 1 fully saturated rings. The van der Waals surface area contributed by atoms with E-state index in [1.54, 1.807) is 12.1 Å². The highest BCUT2D eigenvalue weighted by molar-refractivity contribution is 5.95. The van der Waals surface area contributed by atoms with E-state index in [0.717, 1.165) is 12.3 Å². The summed E-state index contributed by atoms with van der Waals surface area (Å²) in [5.74, 6) is 0.232. The van der Waals surface area contributed by atoms with Gasteiger partial charge in [0, 0.05) is 0 Å². The highest BCUT2D eigenvalue weighted by Crippen LogP contribution is 2.30. The molecular weight excluding hydrogens is 218 g/mol. The van der Waals surface area contributed by atoms with Crippen LogP contribution in [-0.4, -0.2) is 17.7 Å². The van der Waals surface area contributed by atoms with E-state index >= 15 is 0 Å². The topological polar surface area (TPSA) is 72.5 Å². The van der Waals surface area contributed by atoms with Gasteiger partial charge in [0.2, 0.25) is 0 Å². The average Bonchev–Trinajstić information content (AvgIpc) is 2.23. The second-order valence-electron chi connectivity index (χ2n) is 4.46. The van der Waals surface area contributed by atoms with Crippen LogP contribution in [0, 0.1) is 5.92 Å². The number of carboxylic acids is 1. The van der Waals surface area contributed by atoms with Gasteiger partial charge in [0.1, 0.15) is 5.75 Å². The number of hydrogen-bond acceptors (Lipinski definition) is 3. The summed E-state index contributed by atoms with van der Waals surface area (Å²) < 4.78 is 5.55. The third kappa shape index (κ3) is 2.70. The van der Waals surface area contributed by atoms with E-state index in [0.29, 0.717) is 12.4 Å². The van der Waals surface area contributed by atoms with Crippen LogP contribution in [0.3, 0.4) is 0 Å². The Balaban J connectivity index is 1.95. The van der Waals surface area contributed by atoms with Gasteiger partial charge in [0.15, 0.2) is 0 Å². The molecule has 4 nitrogen and oxygen atoms in total. The second kappa shape index (κ2) is 5.08. The first-order valence-electron chi connectivity index (χ1n) is 5.93. The monoisotopic (exact) mass is 235 g/mol. The lowest BCUT2D eigenvalue weighted by Crippen LogP contribution is -2.15. The first-order chi connectivity index (χ1) is 8.18. The van der Waals surface area contributed by atoms with Crippen LogP contribution in [0.25, 0.3) is 0 Å². The quantitative estimate of drug-likeness (QED) is 0.769. The zero-order chi connectivity index (χ0) is 12.3.